The Kier molecular flexibility index (Phi) is 3.50. The molecule has 1 unspecified atom stereocenters. The Balaban J connectivity index is 1.95. The van der Waals surface area contributed by atoms with E-state index in [1.165, 1.54) is 11.9 Å². The molecule has 0 radical (unpaired) electrons. The van der Waals surface area contributed by atoms with E-state index in [4.69, 9.17) is 5.11 Å². The molecule has 1 aromatic carbocycles. The number of nitrogens with zero attached hydrogens (tertiary/aromatic N) is 2. The summed E-state index contributed by atoms with van der Waals surface area (Å²) in [4.78, 5) is 25.7. The van der Waals surface area contributed by atoms with Crippen molar-refractivity contribution in [1.82, 2.24) is 9.80 Å². The van der Waals surface area contributed by atoms with Gasteiger partial charge in [0.05, 0.1) is 6.54 Å². The van der Waals surface area contributed by atoms with E-state index < -0.39 is 12.0 Å². The van der Waals surface area contributed by atoms with Crippen molar-refractivity contribution in [3.63, 3.8) is 0 Å². The van der Waals surface area contributed by atoms with Crippen molar-refractivity contribution in [2.75, 3.05) is 20.1 Å². The van der Waals surface area contributed by atoms with Crippen LogP contribution >= 0.6 is 0 Å². The molecule has 5 heteroatoms. The monoisotopic (exact) mass is 248 g/mol. The summed E-state index contributed by atoms with van der Waals surface area (Å²) in [6, 6.07) is 8.91. The molecule has 1 N–H and O–H groups in total. The molecular weight excluding hydrogens is 232 g/mol. The van der Waals surface area contributed by atoms with Gasteiger partial charge in [-0.3, -0.25) is 0 Å². The summed E-state index contributed by atoms with van der Waals surface area (Å²) in [6.07, 6.45) is 0.743. The Morgan fingerprint density at radius 2 is 2.06 bits per heavy atom. The van der Waals surface area contributed by atoms with E-state index in [0.717, 1.165) is 12.0 Å². The molecule has 1 aromatic rings. The van der Waals surface area contributed by atoms with Gasteiger partial charge in [-0.1, -0.05) is 30.3 Å². The van der Waals surface area contributed by atoms with Crippen molar-refractivity contribution < 1.29 is 14.7 Å². The SMILES string of the molecule is CN1C(=O)N(CCc2ccccc2)CC1C(=O)O. The summed E-state index contributed by atoms with van der Waals surface area (Å²) in [5.74, 6) is -0.951. The first-order chi connectivity index (χ1) is 8.59. The standard InChI is InChI=1S/C13H16N2O3/c1-14-11(12(16)17)9-15(13(14)18)8-7-10-5-3-2-4-6-10/h2-6,11H,7-9H2,1H3,(H,16,17). The normalized spacial score (nSPS) is 19.4. The molecule has 0 aliphatic carbocycles. The average Bonchev–Trinajstić information content (AvgIpc) is 2.65. The fourth-order valence-corrected chi connectivity index (χ4v) is 2.11. The van der Waals surface area contributed by atoms with Gasteiger partial charge in [-0.2, -0.15) is 0 Å². The third-order valence-electron chi connectivity index (χ3n) is 3.23. The maximum absolute atomic E-state index is 11.8. The van der Waals surface area contributed by atoms with Crippen LogP contribution < -0.4 is 0 Å². The molecule has 1 heterocycles. The number of urea groups is 1. The van der Waals surface area contributed by atoms with Gasteiger partial charge in [0.15, 0.2) is 0 Å². The molecule has 18 heavy (non-hydrogen) atoms. The number of carboxylic acids is 1. The first kappa shape index (κ1) is 12.4. The van der Waals surface area contributed by atoms with E-state index in [2.05, 4.69) is 0 Å². The lowest BCUT2D eigenvalue weighted by Crippen LogP contribution is -2.36. The van der Waals surface area contributed by atoms with Gasteiger partial charge in [0.2, 0.25) is 0 Å². The maximum Gasteiger partial charge on any atom is 0.328 e. The van der Waals surface area contributed by atoms with Crippen molar-refractivity contribution in [3.8, 4) is 0 Å². The molecule has 0 aromatic heterocycles. The van der Waals surface area contributed by atoms with Crippen molar-refractivity contribution in [1.29, 1.82) is 0 Å². The van der Waals surface area contributed by atoms with Gasteiger partial charge >= 0.3 is 12.0 Å². The van der Waals surface area contributed by atoms with Gasteiger partial charge in [-0.25, -0.2) is 9.59 Å². The zero-order valence-corrected chi connectivity index (χ0v) is 10.2. The second-order valence-electron chi connectivity index (χ2n) is 4.43. The van der Waals surface area contributed by atoms with Crippen LogP contribution in [-0.2, 0) is 11.2 Å². The lowest BCUT2D eigenvalue weighted by atomic mass is 10.1. The van der Waals surface area contributed by atoms with Crippen LogP contribution in [0, 0.1) is 0 Å². The number of carbonyl (C=O) groups excluding carboxylic acids is 1. The first-order valence-electron chi connectivity index (χ1n) is 5.88. The molecular formula is C13H16N2O3. The van der Waals surface area contributed by atoms with Crippen LogP contribution in [0.15, 0.2) is 30.3 Å². The van der Waals surface area contributed by atoms with E-state index in [-0.39, 0.29) is 12.6 Å². The van der Waals surface area contributed by atoms with E-state index >= 15 is 0 Å². The quantitative estimate of drug-likeness (QED) is 0.866. The van der Waals surface area contributed by atoms with Gasteiger partial charge in [0.25, 0.3) is 0 Å². The van der Waals surface area contributed by atoms with Crippen LogP contribution in [0.5, 0.6) is 0 Å². The molecule has 1 aliphatic rings. The maximum atomic E-state index is 11.8. The molecule has 2 rings (SSSR count). The second kappa shape index (κ2) is 5.08. The number of carboxylic acid groups (broad SMARTS) is 1. The number of hydrogen-bond acceptors (Lipinski definition) is 2. The Morgan fingerprint density at radius 1 is 1.39 bits per heavy atom. The molecule has 0 bridgehead atoms. The molecule has 0 spiro atoms. The molecule has 0 saturated carbocycles. The molecule has 1 aliphatic heterocycles. The average molecular weight is 248 g/mol. The number of aliphatic carboxylic acids is 1. The Hall–Kier alpha value is -2.04. The first-order valence-corrected chi connectivity index (χ1v) is 5.88. The van der Waals surface area contributed by atoms with E-state index in [1.807, 2.05) is 30.3 Å². The predicted molar refractivity (Wildman–Crippen MR) is 66.3 cm³/mol. The van der Waals surface area contributed by atoms with E-state index in [0.29, 0.717) is 6.54 Å². The van der Waals surface area contributed by atoms with Gasteiger partial charge < -0.3 is 14.9 Å². The topological polar surface area (TPSA) is 60.9 Å². The fourth-order valence-electron chi connectivity index (χ4n) is 2.11. The van der Waals surface area contributed by atoms with E-state index in [9.17, 15) is 9.59 Å². The molecule has 5 nitrogen and oxygen atoms in total. The third kappa shape index (κ3) is 2.45. The van der Waals surface area contributed by atoms with Gasteiger partial charge in [0, 0.05) is 13.6 Å². The predicted octanol–water partition coefficient (Wildman–Crippen LogP) is 1.05. The Bertz CT molecular complexity index is 447. The lowest BCUT2D eigenvalue weighted by Gasteiger charge is -2.15. The molecule has 96 valence electrons. The highest BCUT2D eigenvalue weighted by atomic mass is 16.4. The minimum Gasteiger partial charge on any atom is -0.480 e. The lowest BCUT2D eigenvalue weighted by molar-refractivity contribution is -0.140. The number of likely N-dealkylation sites (N-methyl/N-ethyl adjacent to an activating group) is 1. The van der Waals surface area contributed by atoms with Crippen LogP contribution in [0.1, 0.15) is 5.56 Å². The highest BCUT2D eigenvalue weighted by molar-refractivity contribution is 5.86. The molecule has 1 fully saturated rings. The summed E-state index contributed by atoms with van der Waals surface area (Å²) >= 11 is 0. The summed E-state index contributed by atoms with van der Waals surface area (Å²) in [5, 5.41) is 8.98. The Morgan fingerprint density at radius 3 is 2.61 bits per heavy atom. The molecule has 2 amide bonds. The summed E-state index contributed by atoms with van der Waals surface area (Å²) in [6.45, 7) is 0.814. The Labute approximate surface area is 106 Å². The third-order valence-corrected chi connectivity index (χ3v) is 3.23. The minimum atomic E-state index is -0.951. The largest absolute Gasteiger partial charge is 0.480 e. The summed E-state index contributed by atoms with van der Waals surface area (Å²) in [5.41, 5.74) is 1.15. The van der Waals surface area contributed by atoms with Crippen molar-refractivity contribution >= 4 is 12.0 Å². The van der Waals surface area contributed by atoms with Gasteiger partial charge in [0.1, 0.15) is 6.04 Å². The number of hydrogen-bond donors (Lipinski definition) is 1. The summed E-state index contributed by atoms with van der Waals surface area (Å²) < 4.78 is 0. The summed E-state index contributed by atoms with van der Waals surface area (Å²) in [7, 11) is 1.53. The van der Waals surface area contributed by atoms with Gasteiger partial charge in [-0.05, 0) is 12.0 Å². The zero-order chi connectivity index (χ0) is 13.1. The van der Waals surface area contributed by atoms with Crippen molar-refractivity contribution in [2.45, 2.75) is 12.5 Å². The highest BCUT2D eigenvalue weighted by Crippen LogP contribution is 2.14. The second-order valence-corrected chi connectivity index (χ2v) is 4.43. The van der Waals surface area contributed by atoms with Gasteiger partial charge in [-0.15, -0.1) is 0 Å². The number of carbonyl (C=O) groups is 2. The van der Waals surface area contributed by atoms with Crippen molar-refractivity contribution in [3.05, 3.63) is 35.9 Å². The molecule has 1 saturated heterocycles. The smallest absolute Gasteiger partial charge is 0.328 e. The number of amides is 2. The number of rotatable bonds is 4. The van der Waals surface area contributed by atoms with Crippen molar-refractivity contribution in [2.24, 2.45) is 0 Å². The van der Waals surface area contributed by atoms with E-state index in [1.54, 1.807) is 4.90 Å². The minimum absolute atomic E-state index is 0.210. The fraction of sp³-hybridized carbons (Fsp3) is 0.385. The van der Waals surface area contributed by atoms with Crippen LogP contribution in [0.4, 0.5) is 4.79 Å². The zero-order valence-electron chi connectivity index (χ0n) is 10.2. The molecule has 1 atom stereocenters. The highest BCUT2D eigenvalue weighted by Gasteiger charge is 2.38. The van der Waals surface area contributed by atoms with Crippen LogP contribution in [-0.4, -0.2) is 53.1 Å². The van der Waals surface area contributed by atoms with Crippen LogP contribution in [0.25, 0.3) is 0 Å². The van der Waals surface area contributed by atoms with Crippen LogP contribution in [0.2, 0.25) is 0 Å². The van der Waals surface area contributed by atoms with Crippen LogP contribution in [0.3, 0.4) is 0 Å². The number of benzene rings is 1.